The van der Waals surface area contributed by atoms with Gasteiger partial charge in [0.05, 0.1) is 5.69 Å². The zero-order valence-corrected chi connectivity index (χ0v) is 9.37. The molecule has 0 saturated heterocycles. The molecule has 0 bridgehead atoms. The van der Waals surface area contributed by atoms with Gasteiger partial charge >= 0.3 is 0 Å². The van der Waals surface area contributed by atoms with Crippen LogP contribution in [0.25, 0.3) is 11.0 Å². The molecular formula is C12H16N2O. The molecule has 0 fully saturated rings. The second-order valence-corrected chi connectivity index (χ2v) is 4.54. The van der Waals surface area contributed by atoms with Crippen molar-refractivity contribution in [3.8, 4) is 0 Å². The maximum atomic E-state index is 5.77. The van der Waals surface area contributed by atoms with Gasteiger partial charge in [-0.1, -0.05) is 31.1 Å². The first-order valence-electron chi connectivity index (χ1n) is 5.12. The molecule has 3 nitrogen and oxygen atoms in total. The van der Waals surface area contributed by atoms with Gasteiger partial charge in [-0.15, -0.1) is 0 Å². The summed E-state index contributed by atoms with van der Waals surface area (Å²) in [6.07, 6.45) is 0. The number of benzene rings is 1. The first-order chi connectivity index (χ1) is 7.06. The Hall–Kier alpha value is -1.35. The Bertz CT molecular complexity index is 485. The van der Waals surface area contributed by atoms with Gasteiger partial charge in [0.1, 0.15) is 0 Å². The van der Waals surface area contributed by atoms with Gasteiger partial charge in [-0.3, -0.25) is 0 Å². The molecule has 1 heterocycles. The Morgan fingerprint density at radius 1 is 1.40 bits per heavy atom. The fraction of sp³-hybridized carbons (Fsp3) is 0.417. The van der Waals surface area contributed by atoms with E-state index in [1.54, 1.807) is 0 Å². The largest absolute Gasteiger partial charge is 0.356 e. The van der Waals surface area contributed by atoms with Gasteiger partial charge in [0.25, 0.3) is 0 Å². The standard InChI is InChI=1S/C12H16N2O/c1-8-9-5-4-6-10(11(9)15-14-8)12(2,3)7-13/h4-6H,7,13H2,1-3H3. The molecule has 1 aromatic heterocycles. The number of rotatable bonds is 2. The van der Waals surface area contributed by atoms with Gasteiger partial charge < -0.3 is 10.3 Å². The summed E-state index contributed by atoms with van der Waals surface area (Å²) in [5.41, 5.74) is 8.62. The number of hydrogen-bond donors (Lipinski definition) is 1. The third-order valence-electron chi connectivity index (χ3n) is 2.92. The van der Waals surface area contributed by atoms with Crippen molar-refractivity contribution in [2.45, 2.75) is 26.2 Å². The molecule has 0 aliphatic heterocycles. The average molecular weight is 204 g/mol. The molecule has 0 radical (unpaired) electrons. The van der Waals surface area contributed by atoms with Crippen LogP contribution in [0, 0.1) is 6.92 Å². The van der Waals surface area contributed by atoms with Crippen molar-refractivity contribution in [3.05, 3.63) is 29.5 Å². The fourth-order valence-corrected chi connectivity index (χ4v) is 1.73. The molecule has 2 rings (SSSR count). The molecule has 0 saturated carbocycles. The first-order valence-corrected chi connectivity index (χ1v) is 5.12. The molecule has 0 unspecified atom stereocenters. The van der Waals surface area contributed by atoms with E-state index in [9.17, 15) is 0 Å². The maximum absolute atomic E-state index is 5.77. The molecule has 0 amide bonds. The lowest BCUT2D eigenvalue weighted by molar-refractivity contribution is 0.437. The van der Waals surface area contributed by atoms with E-state index in [0.717, 1.165) is 22.2 Å². The quantitative estimate of drug-likeness (QED) is 0.817. The van der Waals surface area contributed by atoms with Crippen molar-refractivity contribution in [2.24, 2.45) is 5.73 Å². The Morgan fingerprint density at radius 2 is 2.13 bits per heavy atom. The Balaban J connectivity index is 2.71. The van der Waals surface area contributed by atoms with E-state index in [0.29, 0.717) is 6.54 Å². The molecule has 1 aromatic carbocycles. The molecule has 0 aliphatic carbocycles. The minimum absolute atomic E-state index is 0.0779. The van der Waals surface area contributed by atoms with Gasteiger partial charge in [0.2, 0.25) is 0 Å². The van der Waals surface area contributed by atoms with E-state index in [1.807, 2.05) is 19.1 Å². The molecule has 0 spiro atoms. The third kappa shape index (κ3) is 1.53. The number of nitrogens with zero attached hydrogens (tertiary/aromatic N) is 1. The van der Waals surface area contributed by atoms with Crippen molar-refractivity contribution in [3.63, 3.8) is 0 Å². The predicted molar refractivity (Wildman–Crippen MR) is 60.8 cm³/mol. The third-order valence-corrected chi connectivity index (χ3v) is 2.92. The summed E-state index contributed by atoms with van der Waals surface area (Å²) in [7, 11) is 0. The van der Waals surface area contributed by atoms with Crippen molar-refractivity contribution in [2.75, 3.05) is 6.54 Å². The number of fused-ring (bicyclic) bond motifs is 1. The van der Waals surface area contributed by atoms with Crippen LogP contribution in [0.1, 0.15) is 25.1 Å². The van der Waals surface area contributed by atoms with Gasteiger partial charge in [-0.25, -0.2) is 0 Å². The first kappa shape index (κ1) is 10.2. The Morgan fingerprint density at radius 3 is 2.80 bits per heavy atom. The minimum Gasteiger partial charge on any atom is -0.356 e. The van der Waals surface area contributed by atoms with Crippen LogP contribution < -0.4 is 5.73 Å². The Labute approximate surface area is 89.2 Å². The molecular weight excluding hydrogens is 188 g/mol. The lowest BCUT2D eigenvalue weighted by atomic mass is 9.84. The monoisotopic (exact) mass is 204 g/mol. The zero-order chi connectivity index (χ0) is 11.1. The van der Waals surface area contributed by atoms with Crippen LogP contribution in [0.5, 0.6) is 0 Å². The normalized spacial score (nSPS) is 12.3. The number of aromatic nitrogens is 1. The summed E-state index contributed by atoms with van der Waals surface area (Å²) >= 11 is 0. The molecule has 0 aliphatic rings. The number of nitrogens with two attached hydrogens (primary N) is 1. The highest BCUT2D eigenvalue weighted by atomic mass is 16.5. The van der Waals surface area contributed by atoms with Gasteiger partial charge in [-0.2, -0.15) is 0 Å². The summed E-state index contributed by atoms with van der Waals surface area (Å²) in [5.74, 6) is 0. The summed E-state index contributed by atoms with van der Waals surface area (Å²) in [6.45, 7) is 6.76. The highest BCUT2D eigenvalue weighted by molar-refractivity contribution is 5.83. The van der Waals surface area contributed by atoms with E-state index in [2.05, 4.69) is 25.1 Å². The predicted octanol–water partition coefficient (Wildman–Crippen LogP) is 2.37. The van der Waals surface area contributed by atoms with E-state index in [1.165, 1.54) is 0 Å². The van der Waals surface area contributed by atoms with Crippen LogP contribution in [-0.2, 0) is 5.41 Å². The van der Waals surface area contributed by atoms with Crippen LogP contribution in [0.15, 0.2) is 22.7 Å². The van der Waals surface area contributed by atoms with Crippen LogP contribution in [-0.4, -0.2) is 11.7 Å². The lowest BCUT2D eigenvalue weighted by Gasteiger charge is -2.22. The maximum Gasteiger partial charge on any atom is 0.170 e. The van der Waals surface area contributed by atoms with E-state index in [-0.39, 0.29) is 5.41 Å². The molecule has 3 heteroatoms. The molecule has 0 atom stereocenters. The van der Waals surface area contributed by atoms with Crippen molar-refractivity contribution >= 4 is 11.0 Å². The van der Waals surface area contributed by atoms with Crippen molar-refractivity contribution in [1.29, 1.82) is 0 Å². The van der Waals surface area contributed by atoms with Crippen molar-refractivity contribution in [1.82, 2.24) is 5.16 Å². The van der Waals surface area contributed by atoms with Crippen LogP contribution >= 0.6 is 0 Å². The lowest BCUT2D eigenvalue weighted by Crippen LogP contribution is -2.28. The number of para-hydroxylation sites is 1. The van der Waals surface area contributed by atoms with E-state index in [4.69, 9.17) is 10.3 Å². The average Bonchev–Trinajstić information content (AvgIpc) is 2.60. The highest BCUT2D eigenvalue weighted by Gasteiger charge is 2.23. The zero-order valence-electron chi connectivity index (χ0n) is 9.37. The highest BCUT2D eigenvalue weighted by Crippen LogP contribution is 2.30. The number of hydrogen-bond acceptors (Lipinski definition) is 3. The minimum atomic E-state index is -0.0779. The van der Waals surface area contributed by atoms with E-state index >= 15 is 0 Å². The van der Waals surface area contributed by atoms with Crippen LogP contribution in [0.2, 0.25) is 0 Å². The van der Waals surface area contributed by atoms with Crippen LogP contribution in [0.3, 0.4) is 0 Å². The summed E-state index contributed by atoms with van der Waals surface area (Å²) in [4.78, 5) is 0. The van der Waals surface area contributed by atoms with Crippen LogP contribution in [0.4, 0.5) is 0 Å². The molecule has 80 valence electrons. The number of aryl methyl sites for hydroxylation is 1. The fourth-order valence-electron chi connectivity index (χ4n) is 1.73. The van der Waals surface area contributed by atoms with Crippen molar-refractivity contribution < 1.29 is 4.52 Å². The summed E-state index contributed by atoms with van der Waals surface area (Å²) in [5, 5.41) is 5.07. The van der Waals surface area contributed by atoms with Gasteiger partial charge in [-0.05, 0) is 13.0 Å². The topological polar surface area (TPSA) is 52.0 Å². The SMILES string of the molecule is Cc1noc2c(C(C)(C)CN)cccc12. The molecule has 2 aromatic rings. The van der Waals surface area contributed by atoms with E-state index < -0.39 is 0 Å². The second-order valence-electron chi connectivity index (χ2n) is 4.54. The smallest absolute Gasteiger partial charge is 0.170 e. The summed E-state index contributed by atoms with van der Waals surface area (Å²) < 4.78 is 5.36. The van der Waals surface area contributed by atoms with Gasteiger partial charge in [0.15, 0.2) is 5.58 Å². The van der Waals surface area contributed by atoms with Gasteiger partial charge in [0, 0.05) is 22.9 Å². The Kier molecular flexibility index (Phi) is 2.27. The second kappa shape index (κ2) is 3.35. The summed E-state index contributed by atoms with van der Waals surface area (Å²) in [6, 6.07) is 6.11. The molecule has 15 heavy (non-hydrogen) atoms. The molecule has 2 N–H and O–H groups in total.